The normalized spacial score (nSPS) is 20.8. The zero-order valence-corrected chi connectivity index (χ0v) is 16.3. The van der Waals surface area contributed by atoms with Gasteiger partial charge in [-0.1, -0.05) is 6.07 Å². The molecule has 5 heteroatoms. The third-order valence-electron chi connectivity index (χ3n) is 5.74. The van der Waals surface area contributed by atoms with E-state index in [-0.39, 0.29) is 11.7 Å². The lowest BCUT2D eigenvalue weighted by molar-refractivity contribution is 0.122. The number of halogens is 1. The number of rotatable bonds is 2. The van der Waals surface area contributed by atoms with Gasteiger partial charge in [-0.05, 0) is 59.3 Å². The molecular weight excluding hydrogens is 359 g/mol. The SMILES string of the molecule is CN1Cc2cc(N3CCOCC3)cc(F)c2C(c2ccc3sccc3c2)C1. The Morgan fingerprint density at radius 3 is 2.81 bits per heavy atom. The molecule has 0 spiro atoms. The molecule has 5 rings (SSSR count). The molecule has 1 atom stereocenters. The molecule has 140 valence electrons. The number of hydrogen-bond donors (Lipinski definition) is 0. The van der Waals surface area contributed by atoms with Gasteiger partial charge in [0.15, 0.2) is 0 Å². The predicted octanol–water partition coefficient (Wildman–Crippen LogP) is 4.45. The van der Waals surface area contributed by atoms with Crippen molar-refractivity contribution in [3.8, 4) is 0 Å². The molecule has 1 fully saturated rings. The number of fused-ring (bicyclic) bond motifs is 2. The number of ether oxygens (including phenoxy) is 1. The number of nitrogens with zero attached hydrogens (tertiary/aromatic N) is 2. The van der Waals surface area contributed by atoms with Crippen LogP contribution in [0.2, 0.25) is 0 Å². The molecule has 1 saturated heterocycles. The van der Waals surface area contributed by atoms with Crippen molar-refractivity contribution in [1.29, 1.82) is 0 Å². The van der Waals surface area contributed by atoms with Crippen LogP contribution in [0.25, 0.3) is 10.1 Å². The summed E-state index contributed by atoms with van der Waals surface area (Å²) in [5.74, 6) is -0.000651. The smallest absolute Gasteiger partial charge is 0.129 e. The van der Waals surface area contributed by atoms with E-state index in [1.807, 2.05) is 0 Å². The van der Waals surface area contributed by atoms with Crippen molar-refractivity contribution >= 4 is 27.1 Å². The number of hydrogen-bond acceptors (Lipinski definition) is 4. The summed E-state index contributed by atoms with van der Waals surface area (Å²) < 4.78 is 22.1. The van der Waals surface area contributed by atoms with Crippen LogP contribution in [0.1, 0.15) is 22.6 Å². The quantitative estimate of drug-likeness (QED) is 0.651. The van der Waals surface area contributed by atoms with E-state index in [2.05, 4.69) is 52.6 Å². The molecule has 3 aromatic rings. The van der Waals surface area contributed by atoms with Gasteiger partial charge < -0.3 is 14.5 Å². The van der Waals surface area contributed by atoms with E-state index in [0.29, 0.717) is 13.2 Å². The minimum Gasteiger partial charge on any atom is -0.378 e. The molecule has 3 heterocycles. The van der Waals surface area contributed by atoms with E-state index in [1.54, 1.807) is 17.4 Å². The standard InChI is InChI=1S/C22H23FN2OS/c1-24-13-17-11-18(25-5-7-26-8-6-25)12-20(23)22(17)19(14-24)15-2-3-21-16(10-15)4-9-27-21/h2-4,9-12,19H,5-8,13-14H2,1H3. The maximum atomic E-state index is 15.3. The molecule has 0 bridgehead atoms. The maximum Gasteiger partial charge on any atom is 0.129 e. The van der Waals surface area contributed by atoms with E-state index in [1.165, 1.54) is 15.6 Å². The lowest BCUT2D eigenvalue weighted by Gasteiger charge is -2.35. The summed E-state index contributed by atoms with van der Waals surface area (Å²) in [6.07, 6.45) is 0. The van der Waals surface area contributed by atoms with Gasteiger partial charge in [0, 0.05) is 48.0 Å². The lowest BCUT2D eigenvalue weighted by Crippen LogP contribution is -2.37. The van der Waals surface area contributed by atoms with Crippen LogP contribution in [-0.4, -0.2) is 44.8 Å². The number of anilines is 1. The van der Waals surface area contributed by atoms with Crippen LogP contribution < -0.4 is 4.90 Å². The molecule has 0 aliphatic carbocycles. The number of morpholine rings is 1. The third-order valence-corrected chi connectivity index (χ3v) is 6.64. The molecule has 2 aromatic carbocycles. The van der Waals surface area contributed by atoms with Crippen LogP contribution in [0, 0.1) is 5.82 Å². The van der Waals surface area contributed by atoms with Gasteiger partial charge >= 0.3 is 0 Å². The first-order valence-corrected chi connectivity index (χ1v) is 10.4. The van der Waals surface area contributed by atoms with Gasteiger partial charge in [-0.15, -0.1) is 11.3 Å². The zero-order chi connectivity index (χ0) is 18.4. The van der Waals surface area contributed by atoms with Crippen molar-refractivity contribution in [1.82, 2.24) is 4.90 Å². The molecule has 1 aromatic heterocycles. The zero-order valence-electron chi connectivity index (χ0n) is 15.5. The van der Waals surface area contributed by atoms with Crippen LogP contribution in [0.5, 0.6) is 0 Å². The Hall–Kier alpha value is -1.95. The van der Waals surface area contributed by atoms with Crippen LogP contribution >= 0.6 is 11.3 Å². The Bertz CT molecular complexity index is 980. The molecule has 0 saturated carbocycles. The Kier molecular flexibility index (Phi) is 4.38. The highest BCUT2D eigenvalue weighted by molar-refractivity contribution is 7.17. The third kappa shape index (κ3) is 3.14. The first-order valence-electron chi connectivity index (χ1n) is 9.50. The second-order valence-corrected chi connectivity index (χ2v) is 8.51. The van der Waals surface area contributed by atoms with Crippen molar-refractivity contribution in [3.63, 3.8) is 0 Å². The summed E-state index contributed by atoms with van der Waals surface area (Å²) in [4.78, 5) is 4.53. The summed E-state index contributed by atoms with van der Waals surface area (Å²) >= 11 is 1.75. The Balaban J connectivity index is 1.57. The first-order chi connectivity index (χ1) is 13.2. The monoisotopic (exact) mass is 382 g/mol. The fourth-order valence-electron chi connectivity index (χ4n) is 4.42. The van der Waals surface area contributed by atoms with Crippen LogP contribution in [0.15, 0.2) is 41.8 Å². The van der Waals surface area contributed by atoms with Crippen LogP contribution in [-0.2, 0) is 11.3 Å². The highest BCUT2D eigenvalue weighted by Gasteiger charge is 2.29. The number of benzene rings is 2. The van der Waals surface area contributed by atoms with Crippen molar-refractivity contribution in [2.24, 2.45) is 0 Å². The molecule has 2 aliphatic heterocycles. The summed E-state index contributed by atoms with van der Waals surface area (Å²) in [5.41, 5.74) is 4.17. The molecule has 3 nitrogen and oxygen atoms in total. The van der Waals surface area contributed by atoms with Gasteiger partial charge in [0.05, 0.1) is 13.2 Å². The van der Waals surface area contributed by atoms with Gasteiger partial charge in [-0.2, -0.15) is 0 Å². The van der Waals surface area contributed by atoms with E-state index in [0.717, 1.165) is 43.0 Å². The van der Waals surface area contributed by atoms with E-state index >= 15 is 4.39 Å². The average Bonchev–Trinajstić information content (AvgIpc) is 3.15. The highest BCUT2D eigenvalue weighted by atomic mass is 32.1. The second-order valence-electron chi connectivity index (χ2n) is 7.57. The Morgan fingerprint density at radius 2 is 1.96 bits per heavy atom. The van der Waals surface area contributed by atoms with Crippen LogP contribution in [0.4, 0.5) is 10.1 Å². The minimum absolute atomic E-state index is 0.0711. The molecule has 1 unspecified atom stereocenters. The molecule has 0 N–H and O–H groups in total. The summed E-state index contributed by atoms with van der Waals surface area (Å²) in [7, 11) is 2.12. The second kappa shape index (κ2) is 6.89. The van der Waals surface area contributed by atoms with Gasteiger partial charge in [0.25, 0.3) is 0 Å². The van der Waals surface area contributed by atoms with Crippen LogP contribution in [0.3, 0.4) is 0 Å². The lowest BCUT2D eigenvalue weighted by atomic mass is 9.83. The van der Waals surface area contributed by atoms with Crippen molar-refractivity contribution < 1.29 is 9.13 Å². The van der Waals surface area contributed by atoms with E-state index in [9.17, 15) is 0 Å². The summed E-state index contributed by atoms with van der Waals surface area (Å²) in [5, 5.41) is 3.36. The number of likely N-dealkylation sites (N-methyl/N-ethyl adjacent to an activating group) is 1. The Morgan fingerprint density at radius 1 is 1.11 bits per heavy atom. The van der Waals surface area contributed by atoms with Crippen molar-refractivity contribution in [3.05, 3.63) is 64.3 Å². The van der Waals surface area contributed by atoms with Gasteiger partial charge in [-0.25, -0.2) is 4.39 Å². The van der Waals surface area contributed by atoms with Gasteiger partial charge in [-0.3, -0.25) is 0 Å². The van der Waals surface area contributed by atoms with Gasteiger partial charge in [0.1, 0.15) is 5.82 Å². The predicted molar refractivity (Wildman–Crippen MR) is 109 cm³/mol. The topological polar surface area (TPSA) is 15.7 Å². The van der Waals surface area contributed by atoms with E-state index < -0.39 is 0 Å². The molecule has 0 radical (unpaired) electrons. The molecule has 0 amide bonds. The summed E-state index contributed by atoms with van der Waals surface area (Å²) in [6, 6.07) is 12.6. The highest BCUT2D eigenvalue weighted by Crippen LogP contribution is 2.38. The fourth-order valence-corrected chi connectivity index (χ4v) is 5.19. The average molecular weight is 383 g/mol. The van der Waals surface area contributed by atoms with Crippen molar-refractivity contribution in [2.75, 3.05) is 44.8 Å². The van der Waals surface area contributed by atoms with Crippen molar-refractivity contribution in [2.45, 2.75) is 12.5 Å². The number of thiophene rings is 1. The largest absolute Gasteiger partial charge is 0.378 e. The molecule has 2 aliphatic rings. The van der Waals surface area contributed by atoms with Gasteiger partial charge in [0.2, 0.25) is 0 Å². The van der Waals surface area contributed by atoms with E-state index in [4.69, 9.17) is 4.74 Å². The minimum atomic E-state index is -0.0718. The Labute approximate surface area is 163 Å². The maximum absolute atomic E-state index is 15.3. The molecule has 27 heavy (non-hydrogen) atoms. The molecular formula is C22H23FN2OS. The summed E-state index contributed by atoms with van der Waals surface area (Å²) in [6.45, 7) is 4.71. The first kappa shape index (κ1) is 17.2. The fraction of sp³-hybridized carbons (Fsp3) is 0.364.